The molecule has 0 atom stereocenters. The summed E-state index contributed by atoms with van der Waals surface area (Å²) in [5, 5.41) is 1.62. The van der Waals surface area contributed by atoms with Crippen molar-refractivity contribution in [3.63, 3.8) is 0 Å². The van der Waals surface area contributed by atoms with E-state index in [-0.39, 0.29) is 0 Å². The second kappa shape index (κ2) is 10.9. The topological polar surface area (TPSA) is 0 Å². The van der Waals surface area contributed by atoms with Gasteiger partial charge in [-0.3, -0.25) is 0 Å². The van der Waals surface area contributed by atoms with Gasteiger partial charge in [-0.25, -0.2) is 0 Å². The normalized spacial score (nSPS) is 13.2. The molecule has 1 aromatic heterocycles. The Labute approximate surface area is 187 Å². The van der Waals surface area contributed by atoms with Crippen LogP contribution >= 0.6 is 11.3 Å². The molecular formula is C26H42SSi2. The molecule has 0 bridgehead atoms. The van der Waals surface area contributed by atoms with Crippen molar-refractivity contribution in [2.24, 2.45) is 0 Å². The second-order valence-corrected chi connectivity index (χ2v) is 21.9. The Kier molecular flexibility index (Phi) is 9.74. The lowest BCUT2D eigenvalue weighted by atomic mass is 10.2. The highest BCUT2D eigenvalue weighted by Crippen LogP contribution is 2.40. The molecule has 0 aromatic carbocycles. The molecule has 0 unspecified atom stereocenters. The third kappa shape index (κ3) is 6.75. The molecule has 1 aromatic rings. The Morgan fingerprint density at radius 2 is 1.38 bits per heavy atom. The molecule has 0 aliphatic carbocycles. The van der Waals surface area contributed by atoms with Crippen LogP contribution in [0.15, 0.2) is 22.9 Å². The average Bonchev–Trinajstić information content (AvgIpc) is 3.04. The van der Waals surface area contributed by atoms with Crippen LogP contribution in [0.2, 0.25) is 36.3 Å². The molecule has 0 aliphatic rings. The predicted octanol–water partition coefficient (Wildman–Crippen LogP) is 8.66. The zero-order valence-electron chi connectivity index (χ0n) is 20.7. The first kappa shape index (κ1) is 26.0. The van der Waals surface area contributed by atoms with Gasteiger partial charge >= 0.3 is 0 Å². The summed E-state index contributed by atoms with van der Waals surface area (Å²) in [5.41, 5.74) is 7.12. The summed E-state index contributed by atoms with van der Waals surface area (Å²) >= 11 is 1.75. The quantitative estimate of drug-likeness (QED) is 0.305. The molecule has 0 radical (unpaired) electrons. The summed E-state index contributed by atoms with van der Waals surface area (Å²) < 4.78 is 0. The Morgan fingerprint density at radius 1 is 0.897 bits per heavy atom. The van der Waals surface area contributed by atoms with E-state index in [0.29, 0.717) is 16.6 Å². The fraction of sp³-hybridized carbons (Fsp3) is 0.615. The van der Waals surface area contributed by atoms with Crippen LogP contribution in [-0.4, -0.2) is 16.1 Å². The minimum atomic E-state index is -1.68. The van der Waals surface area contributed by atoms with Gasteiger partial charge in [-0.15, -0.1) is 16.9 Å². The van der Waals surface area contributed by atoms with Gasteiger partial charge < -0.3 is 0 Å². The summed E-state index contributed by atoms with van der Waals surface area (Å²) in [6.45, 7) is 26.0. The molecular weight excluding hydrogens is 401 g/mol. The number of thiophene rings is 1. The SMILES string of the molecule is CCC/C(=C(/C)C#Cc1ccc(C#C[Si](C(C)C)(C(C)C)C(C)C)s1)[Si](C)(C)C. The van der Waals surface area contributed by atoms with Crippen LogP contribution in [0.5, 0.6) is 0 Å². The van der Waals surface area contributed by atoms with Crippen molar-refractivity contribution in [2.75, 3.05) is 0 Å². The van der Waals surface area contributed by atoms with Crippen LogP contribution in [0, 0.1) is 23.3 Å². The van der Waals surface area contributed by atoms with Crippen LogP contribution in [0.3, 0.4) is 0 Å². The van der Waals surface area contributed by atoms with Crippen molar-refractivity contribution in [1.29, 1.82) is 0 Å². The van der Waals surface area contributed by atoms with Crippen molar-refractivity contribution >= 4 is 27.5 Å². The third-order valence-electron chi connectivity index (χ3n) is 6.11. The molecule has 3 heteroatoms. The van der Waals surface area contributed by atoms with Gasteiger partial charge in [0.2, 0.25) is 0 Å². The van der Waals surface area contributed by atoms with Gasteiger partial charge in [-0.2, -0.15) is 0 Å². The minimum Gasteiger partial charge on any atom is -0.124 e. The van der Waals surface area contributed by atoms with Crippen LogP contribution < -0.4 is 0 Å². The van der Waals surface area contributed by atoms with E-state index in [9.17, 15) is 0 Å². The predicted molar refractivity (Wildman–Crippen MR) is 140 cm³/mol. The average molecular weight is 443 g/mol. The van der Waals surface area contributed by atoms with E-state index in [1.807, 2.05) is 0 Å². The molecule has 0 N–H and O–H groups in total. The molecule has 0 aliphatic heterocycles. The van der Waals surface area contributed by atoms with Crippen LogP contribution in [0.1, 0.15) is 78.0 Å². The molecule has 160 valence electrons. The van der Waals surface area contributed by atoms with E-state index in [0.717, 1.165) is 9.75 Å². The first-order chi connectivity index (χ1) is 13.4. The lowest BCUT2D eigenvalue weighted by Gasteiger charge is -2.38. The summed E-state index contributed by atoms with van der Waals surface area (Å²) in [7, 11) is -2.98. The van der Waals surface area contributed by atoms with E-state index in [1.165, 1.54) is 18.4 Å². The smallest absolute Gasteiger partial charge is 0.124 e. The highest BCUT2D eigenvalue weighted by Gasteiger charge is 2.41. The van der Waals surface area contributed by atoms with Gasteiger partial charge in [0, 0.05) is 0 Å². The molecule has 0 saturated carbocycles. The lowest BCUT2D eigenvalue weighted by Crippen LogP contribution is -2.43. The highest BCUT2D eigenvalue weighted by molar-refractivity contribution is 7.13. The van der Waals surface area contributed by atoms with Gasteiger partial charge in [0.15, 0.2) is 0 Å². The summed E-state index contributed by atoms with van der Waals surface area (Å²) in [6.07, 6.45) is 2.38. The monoisotopic (exact) mass is 442 g/mol. The molecule has 1 heterocycles. The fourth-order valence-corrected chi connectivity index (χ4v) is 12.9. The van der Waals surface area contributed by atoms with E-state index < -0.39 is 16.1 Å². The molecule has 0 nitrogen and oxygen atoms in total. The number of rotatable bonds is 6. The fourth-order valence-electron chi connectivity index (χ4n) is 4.68. The minimum absolute atomic E-state index is 0.667. The molecule has 29 heavy (non-hydrogen) atoms. The van der Waals surface area contributed by atoms with E-state index in [4.69, 9.17) is 0 Å². The number of allylic oxidation sites excluding steroid dienone is 2. The van der Waals surface area contributed by atoms with Crippen LogP contribution in [-0.2, 0) is 0 Å². The van der Waals surface area contributed by atoms with Gasteiger partial charge in [-0.1, -0.05) is 97.5 Å². The van der Waals surface area contributed by atoms with E-state index in [2.05, 4.69) is 110 Å². The lowest BCUT2D eigenvalue weighted by molar-refractivity contribution is 0.838. The van der Waals surface area contributed by atoms with Crippen molar-refractivity contribution < 1.29 is 0 Å². The van der Waals surface area contributed by atoms with Gasteiger partial charge in [0.1, 0.15) is 8.07 Å². The molecule has 0 spiro atoms. The molecule has 0 fully saturated rings. The van der Waals surface area contributed by atoms with Crippen LogP contribution in [0.4, 0.5) is 0 Å². The van der Waals surface area contributed by atoms with E-state index in [1.54, 1.807) is 16.5 Å². The zero-order valence-corrected chi connectivity index (χ0v) is 23.5. The Bertz CT molecular complexity index is 802. The Morgan fingerprint density at radius 3 is 1.79 bits per heavy atom. The second-order valence-electron chi connectivity index (χ2n) is 10.2. The summed E-state index contributed by atoms with van der Waals surface area (Å²) in [4.78, 5) is 2.29. The summed E-state index contributed by atoms with van der Waals surface area (Å²) in [6, 6.07) is 4.30. The first-order valence-corrected chi connectivity index (χ1v) is 17.8. The van der Waals surface area contributed by atoms with Gasteiger partial charge in [0.25, 0.3) is 0 Å². The zero-order chi connectivity index (χ0) is 22.4. The summed E-state index contributed by atoms with van der Waals surface area (Å²) in [5.74, 6) is 10.4. The first-order valence-electron chi connectivity index (χ1n) is 11.2. The molecule has 1 rings (SSSR count). The van der Waals surface area contributed by atoms with Crippen molar-refractivity contribution in [3.05, 3.63) is 32.7 Å². The van der Waals surface area contributed by atoms with Crippen molar-refractivity contribution in [1.82, 2.24) is 0 Å². The standard InChI is InChI=1S/C26H42SSi2/c1-12-13-26(28(9,10)11)23(8)14-15-24-16-17-25(27-24)18-19-29(20(2)3,21(4)5)22(6)7/h16-17,20-22H,12-13H2,1-11H3/b26-23+. The van der Waals surface area contributed by atoms with Crippen LogP contribution in [0.25, 0.3) is 0 Å². The maximum atomic E-state index is 3.83. The maximum absolute atomic E-state index is 3.83. The van der Waals surface area contributed by atoms with Crippen molar-refractivity contribution in [2.45, 2.75) is 104 Å². The van der Waals surface area contributed by atoms with Gasteiger partial charge in [-0.05, 0) is 47.7 Å². The third-order valence-corrected chi connectivity index (χ3v) is 15.7. The maximum Gasteiger partial charge on any atom is 0.146 e. The molecule has 0 saturated heterocycles. The largest absolute Gasteiger partial charge is 0.146 e. The number of hydrogen-bond acceptors (Lipinski definition) is 1. The Balaban J connectivity index is 3.22. The molecule has 0 amide bonds. The van der Waals surface area contributed by atoms with Crippen molar-refractivity contribution in [3.8, 4) is 23.3 Å². The van der Waals surface area contributed by atoms with E-state index >= 15 is 0 Å². The number of hydrogen-bond donors (Lipinski definition) is 0. The highest BCUT2D eigenvalue weighted by atomic mass is 32.1. The van der Waals surface area contributed by atoms with Gasteiger partial charge in [0.05, 0.1) is 17.8 Å². The Hall–Kier alpha value is -1.01.